The first-order chi connectivity index (χ1) is 7.92. The average Bonchev–Trinajstić information content (AvgIpc) is 2.24. The smallest absolute Gasteiger partial charge is 0.209 e. The van der Waals surface area contributed by atoms with Crippen molar-refractivity contribution in [3.63, 3.8) is 0 Å². The van der Waals surface area contributed by atoms with Gasteiger partial charge in [-0.1, -0.05) is 32.0 Å². The maximum atomic E-state index is 10.9. The van der Waals surface area contributed by atoms with Crippen molar-refractivity contribution in [1.82, 2.24) is 0 Å². The van der Waals surface area contributed by atoms with Gasteiger partial charge in [0.25, 0.3) is 0 Å². The molecule has 96 valence electrons. The molecule has 4 nitrogen and oxygen atoms in total. The maximum absolute atomic E-state index is 10.9. The number of aryl methyl sites for hydroxylation is 1. The third kappa shape index (κ3) is 5.19. The molecule has 0 aliphatic rings. The van der Waals surface area contributed by atoms with Crippen LogP contribution in [0.15, 0.2) is 24.3 Å². The zero-order valence-corrected chi connectivity index (χ0v) is 11.0. The van der Waals surface area contributed by atoms with Gasteiger partial charge in [0.2, 0.25) is 10.0 Å². The minimum Gasteiger partial charge on any atom is -0.493 e. The summed E-state index contributed by atoms with van der Waals surface area (Å²) in [7, 11) is -3.42. The van der Waals surface area contributed by atoms with Crippen molar-refractivity contribution in [3.8, 4) is 5.75 Å². The second kappa shape index (κ2) is 6.02. The van der Waals surface area contributed by atoms with Gasteiger partial charge in [-0.15, -0.1) is 0 Å². The number of sulfonamides is 1. The Labute approximate surface area is 103 Å². The zero-order chi connectivity index (χ0) is 12.9. The average molecular weight is 257 g/mol. The zero-order valence-electron chi connectivity index (χ0n) is 10.2. The van der Waals surface area contributed by atoms with E-state index >= 15 is 0 Å². The summed E-state index contributed by atoms with van der Waals surface area (Å²) in [6, 6.07) is 7.75. The van der Waals surface area contributed by atoms with Gasteiger partial charge in [0.1, 0.15) is 5.75 Å². The summed E-state index contributed by atoms with van der Waals surface area (Å²) in [5.41, 5.74) is 1.12. The molecule has 0 amide bonds. The lowest BCUT2D eigenvalue weighted by Gasteiger charge is -2.14. The van der Waals surface area contributed by atoms with Crippen LogP contribution in [0.5, 0.6) is 5.75 Å². The molecule has 1 aromatic rings. The van der Waals surface area contributed by atoms with Crippen LogP contribution in [-0.4, -0.2) is 20.8 Å². The van der Waals surface area contributed by atoms with Crippen molar-refractivity contribution in [1.29, 1.82) is 0 Å². The van der Waals surface area contributed by atoms with Crippen LogP contribution < -0.4 is 9.88 Å². The fourth-order valence-corrected chi connectivity index (χ4v) is 2.50. The van der Waals surface area contributed by atoms with Gasteiger partial charge in [0, 0.05) is 5.92 Å². The van der Waals surface area contributed by atoms with Crippen molar-refractivity contribution in [2.24, 2.45) is 11.1 Å². The van der Waals surface area contributed by atoms with Gasteiger partial charge in [-0.05, 0) is 18.1 Å². The Kier molecular flexibility index (Phi) is 4.96. The van der Waals surface area contributed by atoms with Gasteiger partial charge in [-0.2, -0.15) is 0 Å². The predicted molar refractivity (Wildman–Crippen MR) is 68.5 cm³/mol. The number of hydrogen-bond donors (Lipinski definition) is 1. The molecule has 0 saturated carbocycles. The summed E-state index contributed by atoms with van der Waals surface area (Å²) < 4.78 is 27.4. The Hall–Kier alpha value is -1.07. The lowest BCUT2D eigenvalue weighted by Crippen LogP contribution is -2.25. The molecule has 17 heavy (non-hydrogen) atoms. The van der Waals surface area contributed by atoms with E-state index in [9.17, 15) is 8.42 Å². The molecule has 0 spiro atoms. The van der Waals surface area contributed by atoms with Gasteiger partial charge in [0.15, 0.2) is 0 Å². The van der Waals surface area contributed by atoms with E-state index in [1.165, 1.54) is 0 Å². The third-order valence-corrected chi connectivity index (χ3v) is 3.43. The van der Waals surface area contributed by atoms with Gasteiger partial charge in [-0.3, -0.25) is 0 Å². The van der Waals surface area contributed by atoms with E-state index in [0.29, 0.717) is 6.61 Å². The lowest BCUT2D eigenvalue weighted by atomic mass is 10.1. The highest BCUT2D eigenvalue weighted by molar-refractivity contribution is 7.89. The Morgan fingerprint density at radius 3 is 2.59 bits per heavy atom. The first-order valence-corrected chi connectivity index (χ1v) is 7.35. The monoisotopic (exact) mass is 257 g/mol. The summed E-state index contributed by atoms with van der Waals surface area (Å²) >= 11 is 0. The first kappa shape index (κ1) is 14.0. The van der Waals surface area contributed by atoms with Gasteiger partial charge in [0.05, 0.1) is 12.4 Å². The SMILES string of the molecule is CCc1ccccc1OCC(C)CS(N)(=O)=O. The van der Waals surface area contributed by atoms with Crippen LogP contribution in [0.1, 0.15) is 19.4 Å². The largest absolute Gasteiger partial charge is 0.493 e. The molecular formula is C12H19NO3S. The maximum Gasteiger partial charge on any atom is 0.209 e. The van der Waals surface area contributed by atoms with Crippen LogP contribution in [-0.2, 0) is 16.4 Å². The molecule has 5 heteroatoms. The molecule has 0 fully saturated rings. The molecule has 2 N–H and O–H groups in total. The normalized spacial score (nSPS) is 13.4. The molecular weight excluding hydrogens is 238 g/mol. The molecule has 1 aromatic carbocycles. The van der Waals surface area contributed by atoms with Crippen molar-refractivity contribution < 1.29 is 13.2 Å². The van der Waals surface area contributed by atoms with Crippen LogP contribution in [0.25, 0.3) is 0 Å². The van der Waals surface area contributed by atoms with Crippen molar-refractivity contribution in [3.05, 3.63) is 29.8 Å². The van der Waals surface area contributed by atoms with Gasteiger partial charge in [-0.25, -0.2) is 13.6 Å². The number of rotatable bonds is 6. The number of nitrogens with two attached hydrogens (primary N) is 1. The van der Waals surface area contributed by atoms with Crippen LogP contribution in [0.2, 0.25) is 0 Å². The number of ether oxygens (including phenoxy) is 1. The van der Waals surface area contributed by atoms with Crippen molar-refractivity contribution in [2.45, 2.75) is 20.3 Å². The number of benzene rings is 1. The molecule has 0 aromatic heterocycles. The molecule has 0 radical (unpaired) electrons. The predicted octanol–water partition coefficient (Wildman–Crippen LogP) is 1.55. The molecule has 1 rings (SSSR count). The van der Waals surface area contributed by atoms with Crippen LogP contribution in [0.3, 0.4) is 0 Å². The second-order valence-corrected chi connectivity index (χ2v) is 5.87. The third-order valence-electron chi connectivity index (χ3n) is 2.39. The minimum absolute atomic E-state index is 0.0543. The molecule has 0 heterocycles. The second-order valence-electron chi connectivity index (χ2n) is 4.21. The van der Waals surface area contributed by atoms with E-state index in [1.54, 1.807) is 6.92 Å². The lowest BCUT2D eigenvalue weighted by molar-refractivity contribution is 0.269. The standard InChI is InChI=1S/C12H19NO3S/c1-3-11-6-4-5-7-12(11)16-8-10(2)9-17(13,14)15/h4-7,10H,3,8-9H2,1-2H3,(H2,13,14,15). The Bertz CT molecular complexity index is 457. The van der Waals surface area contributed by atoms with E-state index in [2.05, 4.69) is 6.92 Å². The fourth-order valence-electron chi connectivity index (χ4n) is 1.61. The Balaban J connectivity index is 2.55. The van der Waals surface area contributed by atoms with E-state index in [4.69, 9.17) is 9.88 Å². The van der Waals surface area contributed by atoms with Gasteiger partial charge < -0.3 is 4.74 Å². The van der Waals surface area contributed by atoms with Crippen molar-refractivity contribution in [2.75, 3.05) is 12.4 Å². The molecule has 0 aliphatic carbocycles. The fraction of sp³-hybridized carbons (Fsp3) is 0.500. The molecule has 1 unspecified atom stereocenters. The summed E-state index contributed by atoms with van der Waals surface area (Å²) in [4.78, 5) is 0. The quantitative estimate of drug-likeness (QED) is 0.840. The van der Waals surface area contributed by atoms with Crippen molar-refractivity contribution >= 4 is 10.0 Å². The summed E-state index contributed by atoms with van der Waals surface area (Å²) in [5.74, 6) is 0.646. The molecule has 0 bridgehead atoms. The first-order valence-electron chi connectivity index (χ1n) is 5.63. The van der Waals surface area contributed by atoms with Crippen LogP contribution >= 0.6 is 0 Å². The van der Waals surface area contributed by atoms with Crippen LogP contribution in [0, 0.1) is 5.92 Å². The Morgan fingerprint density at radius 1 is 1.35 bits per heavy atom. The number of hydrogen-bond acceptors (Lipinski definition) is 3. The van der Waals surface area contributed by atoms with E-state index in [0.717, 1.165) is 17.7 Å². The highest BCUT2D eigenvalue weighted by Crippen LogP contribution is 2.19. The molecule has 0 saturated heterocycles. The number of primary sulfonamides is 1. The van der Waals surface area contributed by atoms with E-state index in [-0.39, 0.29) is 11.7 Å². The highest BCUT2D eigenvalue weighted by Gasteiger charge is 2.12. The number of para-hydroxylation sites is 1. The molecule has 0 aliphatic heterocycles. The summed E-state index contributed by atoms with van der Waals surface area (Å²) in [6.45, 7) is 4.21. The summed E-state index contributed by atoms with van der Waals surface area (Å²) in [5, 5.41) is 4.98. The molecule has 1 atom stereocenters. The van der Waals surface area contributed by atoms with E-state index < -0.39 is 10.0 Å². The van der Waals surface area contributed by atoms with E-state index in [1.807, 2.05) is 24.3 Å². The van der Waals surface area contributed by atoms with Gasteiger partial charge >= 0.3 is 0 Å². The highest BCUT2D eigenvalue weighted by atomic mass is 32.2. The summed E-state index contributed by atoms with van der Waals surface area (Å²) in [6.07, 6.45) is 0.889. The minimum atomic E-state index is -3.42. The Morgan fingerprint density at radius 2 is 2.00 bits per heavy atom. The topological polar surface area (TPSA) is 69.4 Å². The van der Waals surface area contributed by atoms with Crippen LogP contribution in [0.4, 0.5) is 0 Å².